The van der Waals surface area contributed by atoms with Crippen LogP contribution in [0, 0.1) is 11.3 Å². The van der Waals surface area contributed by atoms with E-state index in [1.54, 1.807) is 0 Å². The first-order valence-electron chi connectivity index (χ1n) is 4.07. The second-order valence-corrected chi connectivity index (χ2v) is 4.38. The summed E-state index contributed by atoms with van der Waals surface area (Å²) in [7, 11) is 2.04. The maximum absolute atomic E-state index is 3.34. The Bertz CT molecular complexity index is 89.4. The number of nitrogens with one attached hydrogen (secondary N) is 1. The molecule has 0 rings (SSSR count). The molecule has 0 heterocycles. The summed E-state index contributed by atoms with van der Waals surface area (Å²) in [6.07, 6.45) is 0. The van der Waals surface area contributed by atoms with E-state index in [-0.39, 0.29) is 0 Å². The van der Waals surface area contributed by atoms with Gasteiger partial charge in [0.2, 0.25) is 0 Å². The van der Waals surface area contributed by atoms with Gasteiger partial charge in [0.25, 0.3) is 0 Å². The Hall–Kier alpha value is -0.0400. The van der Waals surface area contributed by atoms with Crippen LogP contribution in [0.15, 0.2) is 0 Å². The SMILES string of the molecule is CNC(C(C)C)C(C)(C)C. The van der Waals surface area contributed by atoms with Crippen molar-refractivity contribution in [2.75, 3.05) is 7.05 Å². The van der Waals surface area contributed by atoms with Gasteiger partial charge in [-0.25, -0.2) is 0 Å². The van der Waals surface area contributed by atoms with Crippen molar-refractivity contribution in [1.29, 1.82) is 0 Å². The summed E-state index contributed by atoms with van der Waals surface area (Å²) >= 11 is 0. The fourth-order valence-corrected chi connectivity index (χ4v) is 1.77. The van der Waals surface area contributed by atoms with Crippen LogP contribution < -0.4 is 5.32 Å². The van der Waals surface area contributed by atoms with Gasteiger partial charge in [-0.2, -0.15) is 0 Å². The third-order valence-electron chi connectivity index (χ3n) is 1.91. The summed E-state index contributed by atoms with van der Waals surface area (Å²) < 4.78 is 0. The molecule has 0 aromatic carbocycles. The Balaban J connectivity index is 4.07. The minimum Gasteiger partial charge on any atom is -0.316 e. The Morgan fingerprint density at radius 1 is 1.10 bits per heavy atom. The zero-order valence-corrected chi connectivity index (χ0v) is 8.15. The minimum atomic E-state index is 0.378. The summed E-state index contributed by atoms with van der Waals surface area (Å²) in [5, 5.41) is 3.34. The third kappa shape index (κ3) is 2.70. The third-order valence-corrected chi connectivity index (χ3v) is 1.91. The van der Waals surface area contributed by atoms with Crippen LogP contribution in [0.4, 0.5) is 0 Å². The van der Waals surface area contributed by atoms with Crippen molar-refractivity contribution in [3.05, 3.63) is 0 Å². The molecule has 1 heteroatoms. The lowest BCUT2D eigenvalue weighted by atomic mass is 9.80. The van der Waals surface area contributed by atoms with Crippen molar-refractivity contribution in [2.45, 2.75) is 40.7 Å². The van der Waals surface area contributed by atoms with E-state index < -0.39 is 0 Å². The van der Waals surface area contributed by atoms with E-state index in [1.165, 1.54) is 0 Å². The van der Waals surface area contributed by atoms with Crippen molar-refractivity contribution in [2.24, 2.45) is 11.3 Å². The van der Waals surface area contributed by atoms with Gasteiger partial charge >= 0.3 is 0 Å². The summed E-state index contributed by atoms with van der Waals surface area (Å²) in [4.78, 5) is 0. The predicted molar refractivity (Wildman–Crippen MR) is 47.1 cm³/mol. The van der Waals surface area contributed by atoms with Gasteiger partial charge in [-0.05, 0) is 18.4 Å². The maximum atomic E-state index is 3.34. The predicted octanol–water partition coefficient (Wildman–Crippen LogP) is 2.28. The first kappa shape index (κ1) is 9.96. The molecule has 0 radical (unpaired) electrons. The van der Waals surface area contributed by atoms with Crippen molar-refractivity contribution in [3.8, 4) is 0 Å². The highest BCUT2D eigenvalue weighted by atomic mass is 14.9. The molecule has 0 aromatic rings. The smallest absolute Gasteiger partial charge is 0.0136 e. The van der Waals surface area contributed by atoms with E-state index in [2.05, 4.69) is 39.9 Å². The topological polar surface area (TPSA) is 12.0 Å². The normalized spacial score (nSPS) is 15.9. The summed E-state index contributed by atoms with van der Waals surface area (Å²) in [5.41, 5.74) is 0.378. The van der Waals surface area contributed by atoms with Crippen molar-refractivity contribution in [1.82, 2.24) is 5.32 Å². The number of rotatable bonds is 2. The molecule has 0 aliphatic heterocycles. The molecule has 0 aliphatic carbocycles. The van der Waals surface area contributed by atoms with Crippen LogP contribution in [0.5, 0.6) is 0 Å². The van der Waals surface area contributed by atoms with E-state index in [1.807, 2.05) is 7.05 Å². The van der Waals surface area contributed by atoms with E-state index in [0.29, 0.717) is 17.4 Å². The Labute approximate surface area is 65.2 Å². The number of hydrogen-bond donors (Lipinski definition) is 1. The zero-order chi connectivity index (χ0) is 8.36. The molecule has 0 saturated carbocycles. The monoisotopic (exact) mass is 143 g/mol. The summed E-state index contributed by atoms with van der Waals surface area (Å²) in [6.45, 7) is 11.3. The first-order chi connectivity index (χ1) is 4.39. The highest BCUT2D eigenvalue weighted by Crippen LogP contribution is 2.24. The molecular formula is C9H21N. The molecule has 62 valence electrons. The molecule has 0 aromatic heterocycles. The van der Waals surface area contributed by atoms with Gasteiger partial charge in [0, 0.05) is 6.04 Å². The van der Waals surface area contributed by atoms with Gasteiger partial charge in [0.15, 0.2) is 0 Å². The molecule has 0 spiro atoms. The molecule has 0 aliphatic rings. The van der Waals surface area contributed by atoms with E-state index in [4.69, 9.17) is 0 Å². The molecular weight excluding hydrogens is 122 g/mol. The van der Waals surface area contributed by atoms with Crippen LogP contribution in [-0.2, 0) is 0 Å². The van der Waals surface area contributed by atoms with Gasteiger partial charge in [-0.1, -0.05) is 34.6 Å². The maximum Gasteiger partial charge on any atom is 0.0136 e. The second kappa shape index (κ2) is 3.38. The molecule has 1 atom stereocenters. The largest absolute Gasteiger partial charge is 0.316 e. The van der Waals surface area contributed by atoms with Crippen LogP contribution in [-0.4, -0.2) is 13.1 Å². The van der Waals surface area contributed by atoms with Gasteiger partial charge in [-0.3, -0.25) is 0 Å². The lowest BCUT2D eigenvalue weighted by molar-refractivity contribution is 0.224. The molecule has 0 fully saturated rings. The van der Waals surface area contributed by atoms with Gasteiger partial charge in [-0.15, -0.1) is 0 Å². The van der Waals surface area contributed by atoms with Crippen molar-refractivity contribution < 1.29 is 0 Å². The highest BCUT2D eigenvalue weighted by molar-refractivity contribution is 4.81. The standard InChI is InChI=1S/C9H21N/c1-7(2)8(10-6)9(3,4)5/h7-8,10H,1-6H3. The van der Waals surface area contributed by atoms with Gasteiger partial charge in [0.05, 0.1) is 0 Å². The molecule has 1 nitrogen and oxygen atoms in total. The van der Waals surface area contributed by atoms with Gasteiger partial charge in [0.1, 0.15) is 0 Å². The van der Waals surface area contributed by atoms with E-state index >= 15 is 0 Å². The average molecular weight is 143 g/mol. The van der Waals surface area contributed by atoms with Crippen molar-refractivity contribution in [3.63, 3.8) is 0 Å². The fraction of sp³-hybridized carbons (Fsp3) is 1.00. The second-order valence-electron chi connectivity index (χ2n) is 4.38. The molecule has 0 saturated heterocycles. The van der Waals surface area contributed by atoms with Gasteiger partial charge < -0.3 is 5.32 Å². The lowest BCUT2D eigenvalue weighted by Gasteiger charge is -2.33. The van der Waals surface area contributed by atoms with E-state index in [0.717, 1.165) is 0 Å². The summed E-state index contributed by atoms with van der Waals surface area (Å²) in [5.74, 6) is 0.713. The molecule has 0 amide bonds. The Morgan fingerprint density at radius 2 is 1.50 bits per heavy atom. The molecule has 0 bridgehead atoms. The highest BCUT2D eigenvalue weighted by Gasteiger charge is 2.25. The molecule has 1 N–H and O–H groups in total. The first-order valence-corrected chi connectivity index (χ1v) is 4.07. The van der Waals surface area contributed by atoms with E-state index in [9.17, 15) is 0 Å². The Kier molecular flexibility index (Phi) is 3.37. The molecule has 1 unspecified atom stereocenters. The average Bonchev–Trinajstić information content (AvgIpc) is 1.60. The van der Waals surface area contributed by atoms with Crippen LogP contribution in [0.2, 0.25) is 0 Å². The summed E-state index contributed by atoms with van der Waals surface area (Å²) in [6, 6.07) is 0.618. The van der Waals surface area contributed by atoms with Crippen molar-refractivity contribution >= 4 is 0 Å². The quantitative estimate of drug-likeness (QED) is 0.625. The van der Waals surface area contributed by atoms with Crippen LogP contribution in [0.1, 0.15) is 34.6 Å². The zero-order valence-electron chi connectivity index (χ0n) is 8.15. The lowest BCUT2D eigenvalue weighted by Crippen LogP contribution is -2.42. The van der Waals surface area contributed by atoms with Crippen LogP contribution >= 0.6 is 0 Å². The molecule has 10 heavy (non-hydrogen) atoms. The van der Waals surface area contributed by atoms with Crippen LogP contribution in [0.3, 0.4) is 0 Å². The minimum absolute atomic E-state index is 0.378. The Morgan fingerprint density at radius 3 is 1.50 bits per heavy atom. The number of hydrogen-bond acceptors (Lipinski definition) is 1. The van der Waals surface area contributed by atoms with Crippen LogP contribution in [0.25, 0.3) is 0 Å². The fourth-order valence-electron chi connectivity index (χ4n) is 1.77.